The molecule has 0 atom stereocenters. The average Bonchev–Trinajstić information content (AvgIpc) is 2.47. The quantitative estimate of drug-likeness (QED) is 0.468. The van der Waals surface area contributed by atoms with Crippen molar-refractivity contribution in [3.63, 3.8) is 0 Å². The van der Waals surface area contributed by atoms with Crippen molar-refractivity contribution in [2.45, 2.75) is 33.6 Å². The number of aliphatic imine (C=N–C) groups is 1. The van der Waals surface area contributed by atoms with Crippen LogP contribution in [-0.2, 0) is 0 Å². The van der Waals surface area contributed by atoms with Gasteiger partial charge in [-0.1, -0.05) is 30.4 Å². The number of piperidine rings is 1. The van der Waals surface area contributed by atoms with E-state index >= 15 is 0 Å². The third kappa shape index (κ3) is 3.95. The van der Waals surface area contributed by atoms with Gasteiger partial charge in [0.25, 0.3) is 0 Å². The molecular weight excluding hydrogens is 258 g/mol. The maximum absolute atomic E-state index is 8.61. The number of hydrogen-bond donors (Lipinski definition) is 0. The normalized spacial score (nSPS) is 17.2. The van der Waals surface area contributed by atoms with Crippen LogP contribution in [0.25, 0.3) is 6.08 Å². The Morgan fingerprint density at radius 3 is 2.48 bits per heavy atom. The van der Waals surface area contributed by atoms with E-state index in [1.165, 1.54) is 16.7 Å². The van der Waals surface area contributed by atoms with Gasteiger partial charge in [-0.3, -0.25) is 0 Å². The van der Waals surface area contributed by atoms with Crippen molar-refractivity contribution in [2.24, 2.45) is 10.9 Å². The summed E-state index contributed by atoms with van der Waals surface area (Å²) in [5.74, 6) is 1.46. The maximum Gasteiger partial charge on any atom is 0.207 e. The number of benzene rings is 1. The zero-order chi connectivity index (χ0) is 15.2. The van der Waals surface area contributed by atoms with Crippen LogP contribution in [0.1, 0.15) is 36.5 Å². The Hall–Kier alpha value is -2.08. The summed E-state index contributed by atoms with van der Waals surface area (Å²) in [6, 6.07) is 6.44. The first-order chi connectivity index (χ1) is 10.1. The van der Waals surface area contributed by atoms with Crippen molar-refractivity contribution >= 4 is 11.9 Å². The third-order valence-corrected chi connectivity index (χ3v) is 4.29. The largest absolute Gasteiger partial charge is 0.360 e. The number of nitrogens with zero attached hydrogens (tertiary/aromatic N) is 3. The molecule has 0 aromatic heterocycles. The number of nitriles is 1. The van der Waals surface area contributed by atoms with E-state index in [-0.39, 0.29) is 0 Å². The molecule has 0 radical (unpaired) electrons. The van der Waals surface area contributed by atoms with Crippen LogP contribution in [-0.4, -0.2) is 23.8 Å². The second-order valence-electron chi connectivity index (χ2n) is 5.75. The molecule has 0 saturated carbocycles. The molecule has 1 aromatic carbocycles. The monoisotopic (exact) mass is 281 g/mol. The zero-order valence-corrected chi connectivity index (χ0v) is 13.1. The summed E-state index contributed by atoms with van der Waals surface area (Å²) in [5, 5.41) is 8.61. The van der Waals surface area contributed by atoms with Gasteiger partial charge in [0.1, 0.15) is 5.84 Å². The molecule has 0 aliphatic carbocycles. The fourth-order valence-electron chi connectivity index (χ4n) is 2.88. The van der Waals surface area contributed by atoms with E-state index in [1.807, 2.05) is 13.1 Å². The molecule has 0 spiro atoms. The van der Waals surface area contributed by atoms with Crippen molar-refractivity contribution in [3.05, 3.63) is 41.0 Å². The Kier molecular flexibility index (Phi) is 5.16. The number of aryl methyl sites for hydroxylation is 2. The highest BCUT2D eigenvalue weighted by Crippen LogP contribution is 2.22. The van der Waals surface area contributed by atoms with Gasteiger partial charge in [-0.2, -0.15) is 10.3 Å². The van der Waals surface area contributed by atoms with Crippen molar-refractivity contribution in [3.8, 4) is 6.19 Å². The number of likely N-dealkylation sites (tertiary alicyclic amines) is 1. The lowest BCUT2D eigenvalue weighted by Gasteiger charge is -2.31. The van der Waals surface area contributed by atoms with Crippen LogP contribution in [0.3, 0.4) is 0 Å². The maximum atomic E-state index is 8.61. The van der Waals surface area contributed by atoms with E-state index in [0.29, 0.717) is 5.92 Å². The van der Waals surface area contributed by atoms with Crippen molar-refractivity contribution in [2.75, 3.05) is 13.1 Å². The van der Waals surface area contributed by atoms with Crippen LogP contribution < -0.4 is 0 Å². The summed E-state index contributed by atoms with van der Waals surface area (Å²) < 4.78 is 0. The summed E-state index contributed by atoms with van der Waals surface area (Å²) in [6.07, 6.45) is 8.75. The molecular formula is C18H23N3. The summed E-state index contributed by atoms with van der Waals surface area (Å²) in [5.41, 5.74) is 4.02. The van der Waals surface area contributed by atoms with E-state index in [1.54, 1.807) is 0 Å². The SMILES string of the molecule is CC(=NC#N)N1CCC(/C=C/c2c(C)cccc2C)CC1. The molecule has 1 heterocycles. The van der Waals surface area contributed by atoms with Gasteiger partial charge in [0.2, 0.25) is 6.19 Å². The molecule has 3 nitrogen and oxygen atoms in total. The van der Waals surface area contributed by atoms with Gasteiger partial charge in [0, 0.05) is 13.1 Å². The first-order valence-corrected chi connectivity index (χ1v) is 7.54. The van der Waals surface area contributed by atoms with E-state index in [0.717, 1.165) is 31.8 Å². The minimum absolute atomic E-state index is 0.621. The lowest BCUT2D eigenvalue weighted by atomic mass is 9.94. The van der Waals surface area contributed by atoms with Gasteiger partial charge >= 0.3 is 0 Å². The minimum Gasteiger partial charge on any atom is -0.360 e. The molecule has 2 rings (SSSR count). The van der Waals surface area contributed by atoms with Crippen LogP contribution in [0.5, 0.6) is 0 Å². The molecule has 0 unspecified atom stereocenters. The summed E-state index contributed by atoms with van der Waals surface area (Å²) >= 11 is 0. The first-order valence-electron chi connectivity index (χ1n) is 7.54. The third-order valence-electron chi connectivity index (χ3n) is 4.29. The molecule has 0 amide bonds. The van der Waals surface area contributed by atoms with Crippen LogP contribution in [0.15, 0.2) is 29.3 Å². The van der Waals surface area contributed by atoms with Gasteiger partial charge in [0.05, 0.1) is 0 Å². The topological polar surface area (TPSA) is 39.4 Å². The van der Waals surface area contributed by atoms with E-state index in [9.17, 15) is 0 Å². The minimum atomic E-state index is 0.621. The van der Waals surface area contributed by atoms with Crippen LogP contribution >= 0.6 is 0 Å². The average molecular weight is 281 g/mol. The molecule has 1 saturated heterocycles. The molecule has 1 fully saturated rings. The molecule has 0 N–H and O–H groups in total. The highest BCUT2D eigenvalue weighted by molar-refractivity contribution is 5.80. The number of rotatable bonds is 2. The predicted octanol–water partition coefficient (Wildman–Crippen LogP) is 3.93. The molecule has 1 aromatic rings. The summed E-state index contributed by atoms with van der Waals surface area (Å²) in [4.78, 5) is 6.02. The van der Waals surface area contributed by atoms with Crippen molar-refractivity contribution in [1.29, 1.82) is 5.26 Å². The second-order valence-corrected chi connectivity index (χ2v) is 5.75. The smallest absolute Gasteiger partial charge is 0.207 e. The molecule has 21 heavy (non-hydrogen) atoms. The van der Waals surface area contributed by atoms with E-state index in [4.69, 9.17) is 5.26 Å². The lowest BCUT2D eigenvalue weighted by molar-refractivity contribution is 0.298. The molecule has 110 valence electrons. The van der Waals surface area contributed by atoms with Crippen LogP contribution in [0.2, 0.25) is 0 Å². The number of hydrogen-bond acceptors (Lipinski definition) is 2. The van der Waals surface area contributed by atoms with Gasteiger partial charge in [0.15, 0.2) is 0 Å². The van der Waals surface area contributed by atoms with Gasteiger partial charge in [-0.15, -0.1) is 0 Å². The molecule has 1 aliphatic rings. The number of amidine groups is 1. The van der Waals surface area contributed by atoms with E-state index in [2.05, 4.69) is 54.1 Å². The standard InChI is InChI=1S/C18H23N3/c1-14-5-4-6-15(2)18(14)8-7-17-9-11-21(12-10-17)16(3)20-13-19/h4-8,17H,9-12H2,1-3H3/b8-7+,20-16?. The highest BCUT2D eigenvalue weighted by Gasteiger charge is 2.18. The fourth-order valence-corrected chi connectivity index (χ4v) is 2.88. The number of allylic oxidation sites excluding steroid dienone is 1. The fraction of sp³-hybridized carbons (Fsp3) is 0.444. The van der Waals surface area contributed by atoms with Gasteiger partial charge in [-0.05, 0) is 56.2 Å². The second kappa shape index (κ2) is 7.08. The highest BCUT2D eigenvalue weighted by atomic mass is 15.2. The lowest BCUT2D eigenvalue weighted by Crippen LogP contribution is -2.36. The predicted molar refractivity (Wildman–Crippen MR) is 88.0 cm³/mol. The Morgan fingerprint density at radius 2 is 1.90 bits per heavy atom. The Labute approximate surface area is 127 Å². The van der Waals surface area contributed by atoms with Gasteiger partial charge in [-0.25, -0.2) is 0 Å². The van der Waals surface area contributed by atoms with Crippen molar-refractivity contribution in [1.82, 2.24) is 4.90 Å². The first kappa shape index (κ1) is 15.3. The summed E-state index contributed by atoms with van der Waals surface area (Å²) in [6.45, 7) is 8.21. The Balaban J connectivity index is 1.96. The zero-order valence-electron chi connectivity index (χ0n) is 13.1. The van der Waals surface area contributed by atoms with E-state index < -0.39 is 0 Å². The Morgan fingerprint density at radius 1 is 1.29 bits per heavy atom. The Bertz CT molecular complexity index is 565. The van der Waals surface area contributed by atoms with Crippen LogP contribution in [0, 0.1) is 31.2 Å². The molecule has 3 heteroatoms. The molecule has 1 aliphatic heterocycles. The summed E-state index contributed by atoms with van der Waals surface area (Å²) in [7, 11) is 0. The van der Waals surface area contributed by atoms with Crippen molar-refractivity contribution < 1.29 is 0 Å². The molecule has 0 bridgehead atoms. The van der Waals surface area contributed by atoms with Crippen LogP contribution in [0.4, 0.5) is 0 Å². The van der Waals surface area contributed by atoms with Gasteiger partial charge < -0.3 is 4.90 Å².